The maximum Gasteiger partial charge on any atom is 0.472 e. The number of unbranched alkanes of at least 4 members (excludes halogenated alkanes) is 14. The van der Waals surface area contributed by atoms with E-state index < -0.39 is 20.0 Å². The van der Waals surface area contributed by atoms with Crippen molar-refractivity contribution in [3.63, 3.8) is 0 Å². The average molecular weight is 738 g/mol. The summed E-state index contributed by atoms with van der Waals surface area (Å²) in [6.07, 6.45) is 42.9. The summed E-state index contributed by atoms with van der Waals surface area (Å²) in [5.74, 6) is -0.220. The molecule has 0 radical (unpaired) electrons. The van der Waals surface area contributed by atoms with E-state index in [1.165, 1.54) is 64.2 Å². The van der Waals surface area contributed by atoms with E-state index in [9.17, 15) is 19.4 Å². The van der Waals surface area contributed by atoms with E-state index in [2.05, 4.69) is 67.8 Å². The van der Waals surface area contributed by atoms with Gasteiger partial charge in [0.15, 0.2) is 0 Å². The Morgan fingerprint density at radius 3 is 1.80 bits per heavy atom. The summed E-state index contributed by atoms with van der Waals surface area (Å²) in [7, 11) is 1.52. The van der Waals surface area contributed by atoms with E-state index in [-0.39, 0.29) is 19.1 Å². The minimum atomic E-state index is -4.35. The van der Waals surface area contributed by atoms with Gasteiger partial charge in [0.1, 0.15) is 13.2 Å². The van der Waals surface area contributed by atoms with Gasteiger partial charge in [0, 0.05) is 6.42 Å². The van der Waals surface area contributed by atoms with Crippen molar-refractivity contribution in [3.8, 4) is 0 Å². The lowest BCUT2D eigenvalue weighted by molar-refractivity contribution is -0.870. The van der Waals surface area contributed by atoms with E-state index >= 15 is 0 Å². The minimum absolute atomic E-state index is 0.0476. The molecule has 0 aliphatic heterocycles. The Morgan fingerprint density at radius 2 is 1.20 bits per heavy atom. The molecule has 0 spiro atoms. The number of carbonyl (C=O) groups is 1. The maximum atomic E-state index is 12.8. The van der Waals surface area contributed by atoms with Crippen molar-refractivity contribution in [3.05, 3.63) is 60.8 Å². The Kier molecular flexibility index (Phi) is 32.8. The Hall–Kier alpha value is -1.80. The largest absolute Gasteiger partial charge is 0.472 e. The van der Waals surface area contributed by atoms with Crippen LogP contribution in [0.5, 0.6) is 0 Å². The number of allylic oxidation sites excluding steroid dienone is 9. The summed E-state index contributed by atoms with van der Waals surface area (Å²) in [5.41, 5.74) is 0. The van der Waals surface area contributed by atoms with Crippen LogP contribution in [-0.4, -0.2) is 73.4 Å². The normalized spacial score (nSPS) is 15.2. The van der Waals surface area contributed by atoms with Crippen molar-refractivity contribution < 1.29 is 32.9 Å². The van der Waals surface area contributed by atoms with Crippen LogP contribution in [0.4, 0.5) is 0 Å². The highest BCUT2D eigenvalue weighted by Gasteiger charge is 2.27. The molecule has 0 fully saturated rings. The zero-order valence-electron chi connectivity index (χ0n) is 33.3. The fourth-order valence-electron chi connectivity index (χ4n) is 5.25. The van der Waals surface area contributed by atoms with E-state index in [4.69, 9.17) is 9.05 Å². The molecule has 8 nitrogen and oxygen atoms in total. The van der Waals surface area contributed by atoms with Gasteiger partial charge in [-0.1, -0.05) is 139 Å². The molecule has 0 rings (SSSR count). The second-order valence-electron chi connectivity index (χ2n) is 14.6. The molecule has 0 bridgehead atoms. The second-order valence-corrected chi connectivity index (χ2v) is 16.1. The summed E-state index contributed by atoms with van der Waals surface area (Å²) in [4.78, 5) is 23.0. The number of phosphoric ester groups is 1. The van der Waals surface area contributed by atoms with Crippen LogP contribution in [0.15, 0.2) is 60.8 Å². The van der Waals surface area contributed by atoms with Gasteiger partial charge in [-0.15, -0.1) is 0 Å². The summed E-state index contributed by atoms with van der Waals surface area (Å²) < 4.78 is 23.4. The van der Waals surface area contributed by atoms with E-state index in [1.807, 2.05) is 27.2 Å². The number of nitrogens with one attached hydrogen (secondary N) is 1. The van der Waals surface area contributed by atoms with Gasteiger partial charge >= 0.3 is 7.82 Å². The predicted octanol–water partition coefficient (Wildman–Crippen LogP) is 10.7. The molecule has 51 heavy (non-hydrogen) atoms. The molecule has 0 aliphatic carbocycles. The number of carbonyl (C=O) groups excluding carboxylic acids is 1. The van der Waals surface area contributed by atoms with Crippen molar-refractivity contribution in [2.45, 2.75) is 161 Å². The number of likely N-dealkylation sites (N-methyl/N-ethyl adjacent to an activating group) is 1. The average Bonchev–Trinajstić information content (AvgIpc) is 3.07. The van der Waals surface area contributed by atoms with Crippen molar-refractivity contribution in [2.75, 3.05) is 40.9 Å². The van der Waals surface area contributed by atoms with E-state index in [0.717, 1.165) is 64.2 Å². The summed E-state index contributed by atoms with van der Waals surface area (Å²) >= 11 is 0. The molecule has 3 N–H and O–H groups in total. The van der Waals surface area contributed by atoms with Gasteiger partial charge in [-0.05, 0) is 64.2 Å². The van der Waals surface area contributed by atoms with Crippen LogP contribution < -0.4 is 5.32 Å². The van der Waals surface area contributed by atoms with Gasteiger partial charge in [-0.25, -0.2) is 4.57 Å². The summed E-state index contributed by atoms with van der Waals surface area (Å²) in [6.45, 7) is 4.62. The van der Waals surface area contributed by atoms with Gasteiger partial charge in [0.05, 0.1) is 39.9 Å². The topological polar surface area (TPSA) is 105 Å². The van der Waals surface area contributed by atoms with Crippen molar-refractivity contribution in [2.24, 2.45) is 0 Å². The molecule has 3 atom stereocenters. The van der Waals surface area contributed by atoms with Crippen LogP contribution in [0.25, 0.3) is 0 Å². The van der Waals surface area contributed by atoms with Crippen LogP contribution in [0.1, 0.15) is 149 Å². The Morgan fingerprint density at radius 1 is 0.686 bits per heavy atom. The first-order chi connectivity index (χ1) is 24.5. The molecule has 296 valence electrons. The highest BCUT2D eigenvalue weighted by atomic mass is 31.2. The highest BCUT2D eigenvalue weighted by Crippen LogP contribution is 2.43. The Balaban J connectivity index is 4.62. The summed E-state index contributed by atoms with van der Waals surface area (Å²) in [5, 5.41) is 13.7. The molecule has 1 amide bonds. The Bertz CT molecular complexity index is 1020. The lowest BCUT2D eigenvalue weighted by Gasteiger charge is -2.25. The number of quaternary nitrogens is 1. The molecule has 0 aromatic rings. The third kappa shape index (κ3) is 36.4. The number of hydrogen-bond acceptors (Lipinski definition) is 5. The van der Waals surface area contributed by atoms with Crippen LogP contribution in [0, 0.1) is 0 Å². The van der Waals surface area contributed by atoms with Gasteiger partial charge in [0.25, 0.3) is 0 Å². The molecule has 0 heterocycles. The first kappa shape index (κ1) is 49.2. The molecule has 0 aromatic carbocycles. The van der Waals surface area contributed by atoms with E-state index in [1.54, 1.807) is 6.08 Å². The molecule has 3 unspecified atom stereocenters. The number of amides is 1. The predicted molar refractivity (Wildman–Crippen MR) is 217 cm³/mol. The fraction of sp³-hybridized carbons (Fsp3) is 0.738. The number of rotatable bonds is 35. The second kappa shape index (κ2) is 34.0. The van der Waals surface area contributed by atoms with Crippen molar-refractivity contribution >= 4 is 13.7 Å². The number of aliphatic hydroxyl groups excluding tert-OH is 1. The molecular weight excluding hydrogens is 659 g/mol. The van der Waals surface area contributed by atoms with Crippen molar-refractivity contribution in [1.29, 1.82) is 0 Å². The maximum absolute atomic E-state index is 12.8. The number of nitrogens with zero attached hydrogens (tertiary/aromatic N) is 1. The van der Waals surface area contributed by atoms with Crippen molar-refractivity contribution in [1.82, 2.24) is 5.32 Å². The molecule has 0 saturated carbocycles. The first-order valence-corrected chi connectivity index (χ1v) is 21.7. The third-order valence-corrected chi connectivity index (χ3v) is 9.46. The van der Waals surface area contributed by atoms with Crippen LogP contribution in [0.2, 0.25) is 0 Å². The zero-order chi connectivity index (χ0) is 37.9. The lowest BCUT2D eigenvalue weighted by Crippen LogP contribution is -2.45. The van der Waals surface area contributed by atoms with Crippen LogP contribution >= 0.6 is 7.82 Å². The van der Waals surface area contributed by atoms with Gasteiger partial charge in [-0.3, -0.25) is 13.8 Å². The highest BCUT2D eigenvalue weighted by molar-refractivity contribution is 7.47. The molecule has 0 aliphatic rings. The molecule has 9 heteroatoms. The SMILES string of the molecule is CC/C=C\C/C=C\C/C=C\CCCCCC(=O)NC(COP(=O)(O)OCC[N+](C)(C)C)C(O)/C=C/CC/C=C/CCCCCCCCCCCC. The minimum Gasteiger partial charge on any atom is -0.387 e. The number of phosphoric acid groups is 1. The fourth-order valence-corrected chi connectivity index (χ4v) is 5.98. The molecular formula is C42H78N2O6P+. The first-order valence-electron chi connectivity index (χ1n) is 20.2. The standard InChI is InChI=1S/C42H77N2O6P/c1-6-8-10-12-14-16-18-20-21-22-24-25-27-29-31-33-35-41(45)40(39-50-51(47,48)49-38-37-44(3,4)5)43-42(46)36-34-32-30-28-26-23-19-17-15-13-11-9-7-2/h9,11,15,17,23,25-27,33,35,40-41,45H,6-8,10,12-14,16,18-22,24,28-32,34,36-39H2,1-5H3,(H-,43,46,47,48)/p+1/b11-9-,17-15-,26-23-,27-25+,35-33+. The quantitative estimate of drug-likeness (QED) is 0.0259. The van der Waals surface area contributed by atoms with Gasteiger partial charge in [0.2, 0.25) is 5.91 Å². The molecule has 0 saturated heterocycles. The Labute approximate surface area is 313 Å². The smallest absolute Gasteiger partial charge is 0.387 e. The number of aliphatic hydroxyl groups is 1. The molecule has 0 aromatic heterocycles. The van der Waals surface area contributed by atoms with Crippen LogP contribution in [0.3, 0.4) is 0 Å². The van der Waals surface area contributed by atoms with Gasteiger partial charge < -0.3 is 19.8 Å². The van der Waals surface area contributed by atoms with Crippen LogP contribution in [-0.2, 0) is 18.4 Å². The lowest BCUT2D eigenvalue weighted by atomic mass is 10.1. The monoisotopic (exact) mass is 738 g/mol. The third-order valence-electron chi connectivity index (χ3n) is 8.47. The zero-order valence-corrected chi connectivity index (χ0v) is 34.2. The van der Waals surface area contributed by atoms with E-state index in [0.29, 0.717) is 17.4 Å². The summed E-state index contributed by atoms with van der Waals surface area (Å²) in [6, 6.07) is -0.878. The van der Waals surface area contributed by atoms with Gasteiger partial charge in [-0.2, -0.15) is 0 Å². The number of hydrogen-bond donors (Lipinski definition) is 3.